The maximum absolute atomic E-state index is 13.9. The summed E-state index contributed by atoms with van der Waals surface area (Å²) in [6.45, 7) is 5.20. The number of nitrogens with one attached hydrogen (secondary N) is 1. The molecule has 0 aromatic heterocycles. The fourth-order valence-corrected chi connectivity index (χ4v) is 2.54. The summed E-state index contributed by atoms with van der Waals surface area (Å²) in [4.78, 5) is 12.0. The van der Waals surface area contributed by atoms with Gasteiger partial charge in [0, 0.05) is 0 Å². The SMILES string of the molecule is Cc1cc(Br)c(F)c2c1NC(C)(C)C(O)C2=O. The standard InChI is InChI=1S/C12H13BrFNO2/c1-5-4-6(13)8(14)7-9(5)15-12(2,3)11(17)10(7)16/h4,11,15,17H,1-3H3. The Balaban J connectivity index is 2.73. The summed E-state index contributed by atoms with van der Waals surface area (Å²) in [5.74, 6) is -1.21. The molecule has 0 aliphatic carbocycles. The van der Waals surface area contributed by atoms with E-state index in [1.54, 1.807) is 26.8 Å². The van der Waals surface area contributed by atoms with E-state index in [1.165, 1.54) is 0 Å². The van der Waals surface area contributed by atoms with Crippen LogP contribution in [0.25, 0.3) is 0 Å². The first-order valence-corrected chi connectivity index (χ1v) is 6.04. The van der Waals surface area contributed by atoms with E-state index >= 15 is 0 Å². The third kappa shape index (κ3) is 1.77. The van der Waals surface area contributed by atoms with Gasteiger partial charge in [-0.2, -0.15) is 0 Å². The van der Waals surface area contributed by atoms with Crippen LogP contribution in [-0.2, 0) is 0 Å². The maximum Gasteiger partial charge on any atom is 0.198 e. The predicted octanol–water partition coefficient (Wildman–Crippen LogP) is 2.64. The quantitative estimate of drug-likeness (QED) is 0.774. The normalized spacial score (nSPS) is 22.0. The molecule has 0 saturated heterocycles. The molecule has 0 spiro atoms. The minimum absolute atomic E-state index is 0.0660. The fraction of sp³-hybridized carbons (Fsp3) is 0.417. The van der Waals surface area contributed by atoms with Crippen molar-refractivity contribution in [3.8, 4) is 0 Å². The lowest BCUT2D eigenvalue weighted by molar-refractivity contribution is 0.0599. The Morgan fingerprint density at radius 3 is 2.71 bits per heavy atom. The van der Waals surface area contributed by atoms with E-state index in [-0.39, 0.29) is 10.0 Å². The first-order chi connectivity index (χ1) is 7.75. The third-order valence-electron chi connectivity index (χ3n) is 3.04. The molecule has 0 saturated carbocycles. The smallest absolute Gasteiger partial charge is 0.198 e. The van der Waals surface area contributed by atoms with E-state index in [0.29, 0.717) is 5.69 Å². The van der Waals surface area contributed by atoms with E-state index in [2.05, 4.69) is 21.2 Å². The van der Waals surface area contributed by atoms with E-state index in [4.69, 9.17) is 0 Å². The molecule has 17 heavy (non-hydrogen) atoms. The van der Waals surface area contributed by atoms with Crippen LogP contribution in [0.5, 0.6) is 0 Å². The van der Waals surface area contributed by atoms with Crippen LogP contribution in [0, 0.1) is 12.7 Å². The van der Waals surface area contributed by atoms with Gasteiger partial charge in [-0.05, 0) is 48.3 Å². The van der Waals surface area contributed by atoms with Crippen molar-refractivity contribution in [3.05, 3.63) is 27.5 Å². The molecule has 0 amide bonds. The van der Waals surface area contributed by atoms with Crippen LogP contribution < -0.4 is 5.32 Å². The summed E-state index contributed by atoms with van der Waals surface area (Å²) in [7, 11) is 0. The highest BCUT2D eigenvalue weighted by Crippen LogP contribution is 2.37. The molecule has 0 radical (unpaired) electrons. The second-order valence-electron chi connectivity index (χ2n) is 4.85. The Morgan fingerprint density at radius 2 is 2.12 bits per heavy atom. The lowest BCUT2D eigenvalue weighted by Crippen LogP contribution is -2.52. The average molecular weight is 302 g/mol. The molecular weight excluding hydrogens is 289 g/mol. The zero-order valence-corrected chi connectivity index (χ0v) is 11.4. The largest absolute Gasteiger partial charge is 0.382 e. The lowest BCUT2D eigenvalue weighted by atomic mass is 9.84. The Morgan fingerprint density at radius 1 is 1.53 bits per heavy atom. The number of anilines is 1. The molecule has 5 heteroatoms. The maximum atomic E-state index is 13.9. The highest BCUT2D eigenvalue weighted by molar-refractivity contribution is 9.10. The van der Waals surface area contributed by atoms with Crippen molar-refractivity contribution in [2.24, 2.45) is 0 Å². The van der Waals surface area contributed by atoms with Crippen molar-refractivity contribution in [1.29, 1.82) is 0 Å². The number of hydrogen-bond acceptors (Lipinski definition) is 3. The van der Waals surface area contributed by atoms with Crippen molar-refractivity contribution in [3.63, 3.8) is 0 Å². The summed E-state index contributed by atoms with van der Waals surface area (Å²) >= 11 is 3.06. The number of fused-ring (bicyclic) bond motifs is 1. The van der Waals surface area contributed by atoms with E-state index in [0.717, 1.165) is 5.56 Å². The lowest BCUT2D eigenvalue weighted by Gasteiger charge is -2.38. The zero-order valence-electron chi connectivity index (χ0n) is 9.77. The van der Waals surface area contributed by atoms with Crippen molar-refractivity contribution >= 4 is 27.4 Å². The summed E-state index contributed by atoms with van der Waals surface area (Å²) in [6.07, 6.45) is -1.25. The number of benzene rings is 1. The Labute approximate surface area is 107 Å². The van der Waals surface area contributed by atoms with Crippen molar-refractivity contribution < 1.29 is 14.3 Å². The van der Waals surface area contributed by atoms with Gasteiger partial charge >= 0.3 is 0 Å². The van der Waals surface area contributed by atoms with Gasteiger partial charge in [0.05, 0.1) is 21.3 Å². The molecule has 2 N–H and O–H groups in total. The number of rotatable bonds is 0. The molecule has 1 aromatic carbocycles. The van der Waals surface area contributed by atoms with Gasteiger partial charge in [-0.1, -0.05) is 0 Å². The van der Waals surface area contributed by atoms with Crippen LogP contribution >= 0.6 is 15.9 Å². The van der Waals surface area contributed by atoms with Crippen LogP contribution in [-0.4, -0.2) is 22.5 Å². The first kappa shape index (κ1) is 12.5. The molecule has 2 rings (SSSR count). The number of aliphatic hydroxyl groups is 1. The molecule has 1 atom stereocenters. The van der Waals surface area contributed by atoms with Gasteiger partial charge in [-0.3, -0.25) is 4.79 Å². The summed E-state index contributed by atoms with van der Waals surface area (Å²) in [5, 5.41) is 12.9. The van der Waals surface area contributed by atoms with Gasteiger partial charge in [0.2, 0.25) is 0 Å². The van der Waals surface area contributed by atoms with Crippen LogP contribution in [0.4, 0.5) is 10.1 Å². The van der Waals surface area contributed by atoms with Crippen LogP contribution in [0.2, 0.25) is 0 Å². The van der Waals surface area contributed by atoms with Crippen LogP contribution in [0.1, 0.15) is 29.8 Å². The Hall–Kier alpha value is -0.940. The second-order valence-corrected chi connectivity index (χ2v) is 5.71. The minimum atomic E-state index is -1.25. The number of aryl methyl sites for hydroxylation is 1. The molecule has 1 aliphatic rings. The molecule has 1 heterocycles. The molecule has 0 bridgehead atoms. The third-order valence-corrected chi connectivity index (χ3v) is 3.62. The molecular formula is C12H13BrFNO2. The van der Waals surface area contributed by atoms with Crippen molar-refractivity contribution in [2.45, 2.75) is 32.4 Å². The van der Waals surface area contributed by atoms with Crippen LogP contribution in [0.3, 0.4) is 0 Å². The number of aliphatic hydroxyl groups excluding tert-OH is 1. The number of carbonyl (C=O) groups excluding carboxylic acids is 1. The van der Waals surface area contributed by atoms with Gasteiger partial charge < -0.3 is 10.4 Å². The van der Waals surface area contributed by atoms with Gasteiger partial charge in [0.25, 0.3) is 0 Å². The second kappa shape index (κ2) is 3.78. The van der Waals surface area contributed by atoms with Crippen molar-refractivity contribution in [2.75, 3.05) is 5.32 Å². The highest BCUT2D eigenvalue weighted by atomic mass is 79.9. The summed E-state index contributed by atoms with van der Waals surface area (Å²) in [5.41, 5.74) is 0.367. The molecule has 0 fully saturated rings. The zero-order chi connectivity index (χ0) is 13.0. The number of ketones is 1. The molecule has 1 unspecified atom stereocenters. The average Bonchev–Trinajstić information content (AvgIpc) is 2.22. The van der Waals surface area contributed by atoms with Crippen molar-refractivity contribution in [1.82, 2.24) is 0 Å². The van der Waals surface area contributed by atoms with Gasteiger partial charge in [0.1, 0.15) is 11.9 Å². The molecule has 3 nitrogen and oxygen atoms in total. The van der Waals surface area contributed by atoms with Crippen LogP contribution in [0.15, 0.2) is 10.5 Å². The Kier molecular flexibility index (Phi) is 2.78. The number of hydrogen-bond donors (Lipinski definition) is 2. The van der Waals surface area contributed by atoms with E-state index in [1.807, 2.05) is 0 Å². The monoisotopic (exact) mass is 301 g/mol. The predicted molar refractivity (Wildman–Crippen MR) is 66.9 cm³/mol. The van der Waals surface area contributed by atoms with Gasteiger partial charge in [-0.15, -0.1) is 0 Å². The fourth-order valence-electron chi connectivity index (χ4n) is 2.00. The van der Waals surface area contributed by atoms with Gasteiger partial charge in [-0.25, -0.2) is 4.39 Å². The van der Waals surface area contributed by atoms with E-state index < -0.39 is 23.2 Å². The number of Topliss-reactive ketones (excluding diaryl/α,β-unsaturated/α-hetero) is 1. The van der Waals surface area contributed by atoms with E-state index in [9.17, 15) is 14.3 Å². The first-order valence-electron chi connectivity index (χ1n) is 5.24. The van der Waals surface area contributed by atoms with Gasteiger partial charge in [0.15, 0.2) is 5.78 Å². The Bertz CT molecular complexity index is 514. The number of halogens is 2. The summed E-state index contributed by atoms with van der Waals surface area (Å²) < 4.78 is 14.2. The topological polar surface area (TPSA) is 49.3 Å². The molecule has 1 aromatic rings. The highest BCUT2D eigenvalue weighted by Gasteiger charge is 2.42. The molecule has 1 aliphatic heterocycles. The molecule has 92 valence electrons. The number of carbonyl (C=O) groups is 1. The minimum Gasteiger partial charge on any atom is -0.382 e. The summed E-state index contributed by atoms with van der Waals surface area (Å²) in [6, 6.07) is 1.61.